The first-order valence-corrected chi connectivity index (χ1v) is 11.2. The third kappa shape index (κ3) is 4.50. The molecule has 2 aromatic carbocycles. The lowest BCUT2D eigenvalue weighted by Gasteiger charge is -2.30. The van der Waals surface area contributed by atoms with Crippen molar-refractivity contribution < 1.29 is 14.3 Å². The number of carbonyl (C=O) groups excluding carboxylic acids is 1. The molecule has 1 aromatic heterocycles. The van der Waals surface area contributed by atoms with Gasteiger partial charge in [0.15, 0.2) is 12.4 Å². The van der Waals surface area contributed by atoms with Crippen LogP contribution in [-0.2, 0) is 11.8 Å². The Labute approximate surface area is 199 Å². The number of likely N-dealkylation sites (N-methyl/N-ethyl adjacent to an activating group) is 1. The summed E-state index contributed by atoms with van der Waals surface area (Å²) in [6.07, 6.45) is 6.88. The van der Waals surface area contributed by atoms with E-state index in [4.69, 9.17) is 4.74 Å². The van der Waals surface area contributed by atoms with Crippen LogP contribution in [0.15, 0.2) is 89.9 Å². The molecule has 0 radical (unpaired) electrons. The highest BCUT2D eigenvalue weighted by molar-refractivity contribution is 5.94. The number of amides is 1. The van der Waals surface area contributed by atoms with Gasteiger partial charge in [-0.05, 0) is 49.6 Å². The van der Waals surface area contributed by atoms with Crippen molar-refractivity contribution in [2.75, 3.05) is 18.6 Å². The maximum absolute atomic E-state index is 12.3. The minimum atomic E-state index is -0.446. The summed E-state index contributed by atoms with van der Waals surface area (Å²) in [5, 5.41) is 15.5. The largest absolute Gasteiger partial charge is 0.619 e. The third-order valence-corrected chi connectivity index (χ3v) is 6.17. The van der Waals surface area contributed by atoms with E-state index in [-0.39, 0.29) is 11.0 Å². The number of nitrogens with zero attached hydrogens (tertiary/aromatic N) is 3. The SMILES string of the molecule is CCN1/C(=C\C=N\NC(=O)c2ccc[n+]([O-])c2)C(C)(Cc2ccccc2)c2ccc(OC)cc21. The first-order chi connectivity index (χ1) is 16.5. The Kier molecular flexibility index (Phi) is 6.63. The molecule has 1 unspecified atom stereocenters. The minimum absolute atomic E-state index is 0.242. The van der Waals surface area contributed by atoms with Gasteiger partial charge in [-0.15, -0.1) is 0 Å². The summed E-state index contributed by atoms with van der Waals surface area (Å²) < 4.78 is 6.07. The predicted molar refractivity (Wildman–Crippen MR) is 133 cm³/mol. The molecule has 1 aliphatic rings. The lowest BCUT2D eigenvalue weighted by atomic mass is 9.76. The quantitative estimate of drug-likeness (QED) is 0.253. The van der Waals surface area contributed by atoms with E-state index in [1.54, 1.807) is 19.4 Å². The van der Waals surface area contributed by atoms with Gasteiger partial charge in [-0.2, -0.15) is 9.83 Å². The van der Waals surface area contributed by atoms with E-state index in [2.05, 4.69) is 65.7 Å². The van der Waals surface area contributed by atoms with Crippen molar-refractivity contribution in [1.29, 1.82) is 0 Å². The number of carbonyl (C=O) groups is 1. The third-order valence-electron chi connectivity index (χ3n) is 6.17. The Morgan fingerprint density at radius 3 is 2.71 bits per heavy atom. The number of ether oxygens (including phenoxy) is 1. The van der Waals surface area contributed by atoms with Gasteiger partial charge in [0.2, 0.25) is 0 Å². The normalized spacial score (nSPS) is 18.3. The van der Waals surface area contributed by atoms with E-state index in [0.717, 1.165) is 30.1 Å². The summed E-state index contributed by atoms with van der Waals surface area (Å²) in [4.78, 5) is 14.6. The zero-order valence-corrected chi connectivity index (χ0v) is 19.6. The van der Waals surface area contributed by atoms with Crippen molar-refractivity contribution in [3.63, 3.8) is 0 Å². The molecule has 1 aliphatic heterocycles. The van der Waals surface area contributed by atoms with Gasteiger partial charge < -0.3 is 14.8 Å². The average molecular weight is 457 g/mol. The number of hydrazone groups is 1. The Morgan fingerprint density at radius 1 is 1.21 bits per heavy atom. The first-order valence-electron chi connectivity index (χ1n) is 11.2. The number of fused-ring (bicyclic) bond motifs is 1. The van der Waals surface area contributed by atoms with Crippen molar-refractivity contribution in [2.24, 2.45) is 5.10 Å². The fourth-order valence-electron chi connectivity index (χ4n) is 4.56. The van der Waals surface area contributed by atoms with Crippen molar-refractivity contribution in [3.05, 3.63) is 107 Å². The number of nitrogens with one attached hydrogen (secondary N) is 1. The summed E-state index contributed by atoms with van der Waals surface area (Å²) in [6.45, 7) is 5.11. The average Bonchev–Trinajstić information content (AvgIpc) is 3.08. The number of hydrogen-bond donors (Lipinski definition) is 1. The number of benzene rings is 2. The molecule has 0 fully saturated rings. The molecule has 3 aromatic rings. The van der Waals surface area contributed by atoms with Crippen molar-refractivity contribution in [3.8, 4) is 5.75 Å². The lowest BCUT2D eigenvalue weighted by molar-refractivity contribution is -0.605. The molecule has 7 nitrogen and oxygen atoms in total. The summed E-state index contributed by atoms with van der Waals surface area (Å²) in [7, 11) is 1.67. The Hall–Kier alpha value is -4.13. The van der Waals surface area contributed by atoms with Gasteiger partial charge in [0.05, 0.1) is 7.11 Å². The van der Waals surface area contributed by atoms with Crippen LogP contribution in [0.5, 0.6) is 5.75 Å². The van der Waals surface area contributed by atoms with Crippen molar-refractivity contribution in [2.45, 2.75) is 25.7 Å². The number of anilines is 1. The summed E-state index contributed by atoms with van der Waals surface area (Å²) >= 11 is 0. The summed E-state index contributed by atoms with van der Waals surface area (Å²) in [6, 6.07) is 19.7. The Morgan fingerprint density at radius 2 is 2.00 bits per heavy atom. The molecular formula is C27H28N4O3. The Balaban J connectivity index is 1.67. The molecule has 0 bridgehead atoms. The topological polar surface area (TPSA) is 80.9 Å². The highest BCUT2D eigenvalue weighted by atomic mass is 16.5. The number of rotatable bonds is 7. The van der Waals surface area contributed by atoms with E-state index in [0.29, 0.717) is 4.73 Å². The van der Waals surface area contributed by atoms with Crippen molar-refractivity contribution >= 4 is 17.8 Å². The summed E-state index contributed by atoms with van der Waals surface area (Å²) in [5.74, 6) is 0.360. The predicted octanol–water partition coefficient (Wildman–Crippen LogP) is 3.97. The van der Waals surface area contributed by atoms with Crippen LogP contribution in [0.1, 0.15) is 35.3 Å². The number of aromatic nitrogens is 1. The van der Waals surface area contributed by atoms with Crippen LogP contribution < -0.4 is 19.8 Å². The lowest BCUT2D eigenvalue weighted by Crippen LogP contribution is -2.31. The first kappa shape index (κ1) is 23.0. The number of pyridine rings is 1. The second-order valence-electron chi connectivity index (χ2n) is 8.35. The molecule has 1 atom stereocenters. The molecular weight excluding hydrogens is 428 g/mol. The molecule has 0 aliphatic carbocycles. The zero-order valence-electron chi connectivity index (χ0n) is 19.6. The molecule has 1 N–H and O–H groups in total. The number of allylic oxidation sites excluding steroid dienone is 2. The van der Waals surface area contributed by atoms with Gasteiger partial charge >= 0.3 is 0 Å². The maximum Gasteiger partial charge on any atom is 0.277 e. The van der Waals surface area contributed by atoms with Crippen LogP contribution in [-0.4, -0.2) is 25.8 Å². The monoisotopic (exact) mass is 456 g/mol. The van der Waals surface area contributed by atoms with Crippen LogP contribution >= 0.6 is 0 Å². The van der Waals surface area contributed by atoms with E-state index >= 15 is 0 Å². The van der Waals surface area contributed by atoms with Gasteiger partial charge in [0.25, 0.3) is 5.91 Å². The van der Waals surface area contributed by atoms with E-state index in [1.807, 2.05) is 18.2 Å². The number of methoxy groups -OCH3 is 1. The molecule has 7 heteroatoms. The van der Waals surface area contributed by atoms with Crippen LogP contribution in [0.4, 0.5) is 5.69 Å². The van der Waals surface area contributed by atoms with Gasteiger partial charge in [-0.1, -0.05) is 36.4 Å². The van der Waals surface area contributed by atoms with Gasteiger partial charge in [0.1, 0.15) is 11.3 Å². The molecule has 0 saturated carbocycles. The van der Waals surface area contributed by atoms with Crippen LogP contribution in [0.25, 0.3) is 0 Å². The molecule has 0 spiro atoms. The standard InChI is InChI=1S/C27H28N4O3/c1-4-31-24-17-22(34-3)12-13-23(24)27(2,18-20-9-6-5-7-10-20)25(31)14-15-28-29-26(32)21-11-8-16-30(33)19-21/h5-17,19H,4,18H2,1-3H3,(H,29,32)/b25-14-,28-15+. The maximum atomic E-state index is 12.3. The highest BCUT2D eigenvalue weighted by Crippen LogP contribution is 2.50. The second kappa shape index (κ2) is 9.79. The van der Waals surface area contributed by atoms with E-state index in [9.17, 15) is 10.0 Å². The molecule has 0 saturated heterocycles. The smallest absolute Gasteiger partial charge is 0.277 e. The zero-order chi connectivity index (χ0) is 24.1. The van der Waals surface area contributed by atoms with Crippen LogP contribution in [0, 0.1) is 5.21 Å². The fraction of sp³-hybridized carbons (Fsp3) is 0.222. The van der Waals surface area contributed by atoms with E-state index in [1.165, 1.54) is 29.6 Å². The molecule has 1 amide bonds. The highest BCUT2D eigenvalue weighted by Gasteiger charge is 2.43. The number of hydrogen-bond acceptors (Lipinski definition) is 5. The molecule has 4 rings (SSSR count). The van der Waals surface area contributed by atoms with Gasteiger partial charge in [-0.25, -0.2) is 5.43 Å². The van der Waals surface area contributed by atoms with E-state index < -0.39 is 5.91 Å². The van der Waals surface area contributed by atoms with Crippen LogP contribution in [0.3, 0.4) is 0 Å². The molecule has 2 heterocycles. The second-order valence-corrected chi connectivity index (χ2v) is 8.35. The molecule has 174 valence electrons. The summed E-state index contributed by atoms with van der Waals surface area (Å²) in [5.41, 5.74) is 7.07. The van der Waals surface area contributed by atoms with Gasteiger partial charge in [0, 0.05) is 41.7 Å². The molecule has 34 heavy (non-hydrogen) atoms. The Bertz CT molecular complexity index is 1240. The minimum Gasteiger partial charge on any atom is -0.619 e. The van der Waals surface area contributed by atoms with Crippen molar-refractivity contribution in [1.82, 2.24) is 5.43 Å². The van der Waals surface area contributed by atoms with Crippen LogP contribution in [0.2, 0.25) is 0 Å². The van der Waals surface area contributed by atoms with Gasteiger partial charge in [-0.3, -0.25) is 4.79 Å². The fourth-order valence-corrected chi connectivity index (χ4v) is 4.56.